The average molecular weight is 568 g/mol. The van der Waals surface area contributed by atoms with Gasteiger partial charge in [-0.25, -0.2) is 32.3 Å². The molecule has 1 unspecified atom stereocenters. The Labute approximate surface area is 233 Å². The summed E-state index contributed by atoms with van der Waals surface area (Å²) in [7, 11) is -1.52. The van der Waals surface area contributed by atoms with Crippen molar-refractivity contribution in [2.24, 2.45) is 0 Å². The van der Waals surface area contributed by atoms with Gasteiger partial charge >= 0.3 is 6.09 Å². The van der Waals surface area contributed by atoms with E-state index in [2.05, 4.69) is 20.4 Å². The smallest absolute Gasteiger partial charge is 0.410 e. The molecule has 1 saturated heterocycles. The van der Waals surface area contributed by atoms with Crippen molar-refractivity contribution >= 4 is 39.5 Å². The van der Waals surface area contributed by atoms with Crippen molar-refractivity contribution in [3.63, 3.8) is 0 Å². The van der Waals surface area contributed by atoms with Crippen molar-refractivity contribution in [3.8, 4) is 5.69 Å². The third-order valence-electron chi connectivity index (χ3n) is 6.14. The number of hydrogen-bond donors (Lipinski definition) is 2. The van der Waals surface area contributed by atoms with Crippen LogP contribution >= 0.6 is 0 Å². The molecule has 2 N–H and O–H groups in total. The van der Waals surface area contributed by atoms with Gasteiger partial charge in [-0.05, 0) is 51.1 Å². The molecule has 4 heterocycles. The zero-order valence-corrected chi connectivity index (χ0v) is 23.2. The molecule has 1 aliphatic rings. The lowest BCUT2D eigenvalue weighted by atomic mass is 10.2. The Hall–Kier alpha value is -3.94. The molecular formula is C27H30FN7O4S. The van der Waals surface area contributed by atoms with Crippen LogP contribution in [0, 0.1) is 5.82 Å². The molecule has 1 aromatic carbocycles. The van der Waals surface area contributed by atoms with E-state index >= 15 is 0 Å². The fraction of sp³-hybridized carbons (Fsp3) is 0.333. The number of aliphatic hydroxyl groups excluding tert-OH is 1. The van der Waals surface area contributed by atoms with Gasteiger partial charge in [-0.2, -0.15) is 5.10 Å². The van der Waals surface area contributed by atoms with E-state index in [0.29, 0.717) is 53.9 Å². The highest BCUT2D eigenvalue weighted by Gasteiger charge is 2.28. The monoisotopic (exact) mass is 567 g/mol. The highest BCUT2D eigenvalue weighted by Crippen LogP contribution is 2.24. The molecule has 40 heavy (non-hydrogen) atoms. The maximum atomic E-state index is 14.9. The minimum atomic E-state index is -1.52. The van der Waals surface area contributed by atoms with E-state index in [-0.39, 0.29) is 18.4 Å². The summed E-state index contributed by atoms with van der Waals surface area (Å²) < 4.78 is 36.8. The van der Waals surface area contributed by atoms with Gasteiger partial charge < -0.3 is 20.1 Å². The number of ether oxygens (including phenoxy) is 1. The van der Waals surface area contributed by atoms with Crippen molar-refractivity contribution in [1.29, 1.82) is 0 Å². The second kappa shape index (κ2) is 11.3. The number of amides is 1. The van der Waals surface area contributed by atoms with Gasteiger partial charge in [0.1, 0.15) is 33.2 Å². The number of nitrogens with zero attached hydrogens (tertiary/aromatic N) is 6. The summed E-state index contributed by atoms with van der Waals surface area (Å²) in [6.07, 6.45) is 2.88. The van der Waals surface area contributed by atoms with E-state index in [1.807, 2.05) is 20.8 Å². The van der Waals surface area contributed by atoms with Crippen LogP contribution in [0.15, 0.2) is 59.9 Å². The summed E-state index contributed by atoms with van der Waals surface area (Å²) in [5, 5.41) is 17.5. The van der Waals surface area contributed by atoms with Crippen molar-refractivity contribution in [3.05, 3.63) is 66.4 Å². The Morgan fingerprint density at radius 2 is 1.90 bits per heavy atom. The molecule has 1 fully saturated rings. The Balaban J connectivity index is 1.27. The summed E-state index contributed by atoms with van der Waals surface area (Å²) in [5.41, 5.74) is 1.19. The van der Waals surface area contributed by atoms with Crippen molar-refractivity contribution in [1.82, 2.24) is 29.0 Å². The van der Waals surface area contributed by atoms with Gasteiger partial charge in [0.05, 0.1) is 29.2 Å². The number of nitrogens with one attached hydrogen (secondary N) is 1. The zero-order chi connectivity index (χ0) is 28.4. The summed E-state index contributed by atoms with van der Waals surface area (Å²) >= 11 is 0. The molecule has 1 amide bonds. The average Bonchev–Trinajstić information content (AvgIpc) is 3.42. The van der Waals surface area contributed by atoms with Crippen LogP contribution in [0.25, 0.3) is 16.6 Å². The van der Waals surface area contributed by atoms with Gasteiger partial charge in [-0.3, -0.25) is 0 Å². The second-order valence-corrected chi connectivity index (χ2v) is 11.7. The predicted octanol–water partition coefficient (Wildman–Crippen LogP) is 3.77. The molecule has 0 aliphatic carbocycles. The van der Waals surface area contributed by atoms with Crippen molar-refractivity contribution in [2.75, 3.05) is 31.5 Å². The Bertz CT molecular complexity index is 1560. The van der Waals surface area contributed by atoms with Crippen molar-refractivity contribution < 1.29 is 23.2 Å². The molecular weight excluding hydrogens is 537 g/mol. The standard InChI is InChI=1S/C27H30FN7O4S/c1-27(2,3)39-26(37)33-10-12-34(13-11-33)40(38)25-7-4-18-16-29-24(15-23(18)31-25)30-22-6-5-20(14-21(22)28)35-9-8-19(17-36)32-35/h4-9,14-16,36H,10-13,17H2,1-3H3,(H,29,30). The Morgan fingerprint density at radius 3 is 2.58 bits per heavy atom. The van der Waals surface area contributed by atoms with E-state index in [1.54, 1.807) is 58.0 Å². The van der Waals surface area contributed by atoms with Gasteiger partial charge in [-0.1, -0.05) is 0 Å². The van der Waals surface area contributed by atoms with Crippen LogP contribution < -0.4 is 5.32 Å². The quantitative estimate of drug-likeness (QED) is 0.361. The molecule has 13 heteroatoms. The number of aliphatic hydroxyl groups is 1. The van der Waals surface area contributed by atoms with Crippen LogP contribution in [0.1, 0.15) is 26.5 Å². The third-order valence-corrected chi connectivity index (χ3v) is 7.56. The van der Waals surface area contributed by atoms with E-state index in [1.165, 1.54) is 10.7 Å². The molecule has 3 aromatic heterocycles. The molecule has 0 bridgehead atoms. The fourth-order valence-electron chi connectivity index (χ4n) is 4.13. The lowest BCUT2D eigenvalue weighted by Crippen LogP contribution is -2.50. The van der Waals surface area contributed by atoms with Gasteiger partial charge in [0, 0.05) is 56.1 Å². The first-order valence-electron chi connectivity index (χ1n) is 12.7. The number of hydrogen-bond acceptors (Lipinski definition) is 8. The number of piperazine rings is 1. The van der Waals surface area contributed by atoms with E-state index < -0.39 is 22.4 Å². The number of pyridine rings is 2. The molecule has 11 nitrogen and oxygen atoms in total. The molecule has 210 valence electrons. The number of carbonyl (C=O) groups is 1. The van der Waals surface area contributed by atoms with Crippen LogP contribution in [0.2, 0.25) is 0 Å². The normalized spacial score (nSPS) is 15.3. The zero-order valence-electron chi connectivity index (χ0n) is 22.4. The topological polar surface area (TPSA) is 126 Å². The maximum Gasteiger partial charge on any atom is 0.410 e. The number of anilines is 2. The number of aromatic nitrogens is 4. The second-order valence-electron chi connectivity index (χ2n) is 10.3. The molecule has 0 radical (unpaired) electrons. The van der Waals surface area contributed by atoms with Gasteiger partial charge in [-0.15, -0.1) is 0 Å². The van der Waals surface area contributed by atoms with Gasteiger partial charge in [0.2, 0.25) is 0 Å². The molecule has 1 aliphatic heterocycles. The highest BCUT2D eigenvalue weighted by atomic mass is 32.2. The minimum absolute atomic E-state index is 0.198. The van der Waals surface area contributed by atoms with Crippen LogP contribution in [-0.2, 0) is 22.3 Å². The SMILES string of the molecule is CC(C)(C)OC(=O)N1CCN(S(=O)c2ccc3cnc(Nc4ccc(-n5ccc(CO)n5)cc4F)cc3n2)CC1. The first kappa shape index (κ1) is 27.6. The van der Waals surface area contributed by atoms with E-state index in [9.17, 15) is 18.5 Å². The molecule has 4 aromatic rings. The first-order chi connectivity index (χ1) is 19.1. The summed E-state index contributed by atoms with van der Waals surface area (Å²) in [6.45, 7) is 6.91. The number of halogens is 1. The fourth-order valence-corrected chi connectivity index (χ4v) is 5.25. The molecule has 0 spiro atoms. The van der Waals surface area contributed by atoms with Crippen LogP contribution in [0.3, 0.4) is 0 Å². The molecule has 5 rings (SSSR count). The van der Waals surface area contributed by atoms with E-state index in [4.69, 9.17) is 4.74 Å². The first-order valence-corrected chi connectivity index (χ1v) is 13.8. The maximum absolute atomic E-state index is 14.9. The minimum Gasteiger partial charge on any atom is -0.444 e. The molecule has 0 saturated carbocycles. The summed E-state index contributed by atoms with van der Waals surface area (Å²) in [4.78, 5) is 22.9. The van der Waals surface area contributed by atoms with Crippen LogP contribution in [-0.4, -0.2) is 76.1 Å². The number of benzene rings is 1. The van der Waals surface area contributed by atoms with Gasteiger partial charge in [0.15, 0.2) is 0 Å². The summed E-state index contributed by atoms with van der Waals surface area (Å²) in [6, 6.07) is 11.4. The van der Waals surface area contributed by atoms with Gasteiger partial charge in [0.25, 0.3) is 0 Å². The lowest BCUT2D eigenvalue weighted by Gasteiger charge is -2.34. The number of carbonyl (C=O) groups excluding carboxylic acids is 1. The Kier molecular flexibility index (Phi) is 7.79. The van der Waals surface area contributed by atoms with Crippen LogP contribution in [0.5, 0.6) is 0 Å². The third kappa shape index (κ3) is 6.27. The van der Waals surface area contributed by atoms with Crippen molar-refractivity contribution in [2.45, 2.75) is 38.0 Å². The predicted molar refractivity (Wildman–Crippen MR) is 148 cm³/mol. The number of fused-ring (bicyclic) bond motifs is 1. The lowest BCUT2D eigenvalue weighted by molar-refractivity contribution is 0.0195. The summed E-state index contributed by atoms with van der Waals surface area (Å²) in [5.74, 6) is -0.129. The Morgan fingerprint density at radius 1 is 1.12 bits per heavy atom. The highest BCUT2D eigenvalue weighted by molar-refractivity contribution is 7.82. The molecule has 1 atom stereocenters. The number of rotatable bonds is 6. The van der Waals surface area contributed by atoms with E-state index in [0.717, 1.165) is 5.39 Å². The van der Waals surface area contributed by atoms with Crippen LogP contribution in [0.4, 0.5) is 20.7 Å². The largest absolute Gasteiger partial charge is 0.444 e.